The number of carboxylic acids is 2. The summed E-state index contributed by atoms with van der Waals surface area (Å²) in [5.74, 6) is -5.47. The van der Waals surface area contributed by atoms with Crippen molar-refractivity contribution in [2.75, 3.05) is 5.75 Å². The van der Waals surface area contributed by atoms with Crippen LogP contribution in [0.3, 0.4) is 0 Å². The van der Waals surface area contributed by atoms with Gasteiger partial charge >= 0.3 is 11.9 Å². The lowest BCUT2D eigenvalue weighted by Gasteiger charge is -2.24. The highest BCUT2D eigenvalue weighted by molar-refractivity contribution is 7.80. The molecule has 4 atom stereocenters. The van der Waals surface area contributed by atoms with Crippen LogP contribution in [0.1, 0.15) is 17.7 Å². The molecule has 0 spiro atoms. The Balaban J connectivity index is 2.12. The number of hydrogen-bond acceptors (Lipinski definition) is 8. The van der Waals surface area contributed by atoms with E-state index in [1.807, 2.05) is 0 Å². The smallest absolute Gasteiger partial charge is 0.326 e. The molecule has 0 aliphatic carbocycles. The molecule has 13 nitrogen and oxygen atoms in total. The molecule has 1 aromatic carbocycles. The first-order valence-electron chi connectivity index (χ1n) is 10.8. The van der Waals surface area contributed by atoms with Gasteiger partial charge in [-0.2, -0.15) is 12.6 Å². The molecular formula is C22H28N6O7S. The Kier molecular flexibility index (Phi) is 10.9. The van der Waals surface area contributed by atoms with Crippen LogP contribution in [-0.4, -0.2) is 79.8 Å². The molecule has 4 unspecified atom stereocenters. The highest BCUT2D eigenvalue weighted by atomic mass is 32.1. The van der Waals surface area contributed by atoms with E-state index in [0.717, 1.165) is 5.56 Å². The summed E-state index contributed by atoms with van der Waals surface area (Å²) >= 11 is 4.04. The van der Waals surface area contributed by atoms with Crippen molar-refractivity contribution in [2.24, 2.45) is 5.73 Å². The zero-order valence-electron chi connectivity index (χ0n) is 19.1. The summed E-state index contributed by atoms with van der Waals surface area (Å²) in [4.78, 5) is 67.2. The van der Waals surface area contributed by atoms with E-state index < -0.39 is 60.2 Å². The predicted molar refractivity (Wildman–Crippen MR) is 130 cm³/mol. The lowest BCUT2D eigenvalue weighted by Crippen LogP contribution is -2.58. The van der Waals surface area contributed by atoms with Gasteiger partial charge in [-0.1, -0.05) is 30.3 Å². The molecule has 14 heteroatoms. The number of carboxylic acid groups (broad SMARTS) is 2. The maximum Gasteiger partial charge on any atom is 0.326 e. The summed E-state index contributed by atoms with van der Waals surface area (Å²) < 4.78 is 0. The lowest BCUT2D eigenvalue weighted by atomic mass is 10.0. The van der Waals surface area contributed by atoms with Crippen LogP contribution in [-0.2, 0) is 36.8 Å². The topological polar surface area (TPSA) is 217 Å². The largest absolute Gasteiger partial charge is 0.481 e. The second kappa shape index (κ2) is 13.8. The van der Waals surface area contributed by atoms with Gasteiger partial charge in [0.25, 0.3) is 0 Å². The fourth-order valence-electron chi connectivity index (χ4n) is 3.18. The molecule has 1 aromatic heterocycles. The highest BCUT2D eigenvalue weighted by Crippen LogP contribution is 2.06. The monoisotopic (exact) mass is 520 g/mol. The number of amides is 3. The molecule has 0 bridgehead atoms. The average Bonchev–Trinajstić information content (AvgIpc) is 3.34. The van der Waals surface area contributed by atoms with Gasteiger partial charge < -0.3 is 36.9 Å². The molecule has 1 heterocycles. The maximum atomic E-state index is 13.1. The van der Waals surface area contributed by atoms with E-state index in [1.54, 1.807) is 30.3 Å². The number of nitrogens with zero attached hydrogens (tertiary/aromatic N) is 1. The molecule has 8 N–H and O–H groups in total. The number of aromatic nitrogens is 2. The summed E-state index contributed by atoms with van der Waals surface area (Å²) in [5, 5.41) is 25.1. The summed E-state index contributed by atoms with van der Waals surface area (Å²) in [6, 6.07) is 3.69. The quantitative estimate of drug-likeness (QED) is 0.135. The number of H-pyrrole nitrogens is 1. The van der Waals surface area contributed by atoms with E-state index in [9.17, 15) is 24.0 Å². The second-order valence-corrected chi connectivity index (χ2v) is 8.24. The number of imidazole rings is 1. The standard InChI is InChI=1S/C22H28N6O7S/c23-14(7-13-9-24-11-25-13)19(31)26-15(6-12-4-2-1-3-5-12)20(32)28-17(10-36)21(33)27-16(22(34)35)8-18(29)30/h1-5,9,11,14-17,36H,6-8,10,23H2,(H,24,25)(H,26,31)(H,27,33)(H,28,32)(H,29,30)(H,34,35). The van der Waals surface area contributed by atoms with E-state index in [4.69, 9.17) is 15.9 Å². The van der Waals surface area contributed by atoms with Crippen LogP contribution < -0.4 is 21.7 Å². The Bertz CT molecular complexity index is 1050. The first-order chi connectivity index (χ1) is 17.1. The van der Waals surface area contributed by atoms with Crippen molar-refractivity contribution in [3.05, 3.63) is 54.1 Å². The van der Waals surface area contributed by atoms with Crippen LogP contribution >= 0.6 is 12.6 Å². The number of thiol groups is 1. The number of nitrogens with one attached hydrogen (secondary N) is 4. The molecule has 0 aliphatic heterocycles. The number of hydrogen-bond donors (Lipinski definition) is 8. The fraction of sp³-hybridized carbons (Fsp3) is 0.364. The van der Waals surface area contributed by atoms with Crippen molar-refractivity contribution in [2.45, 2.75) is 43.4 Å². The van der Waals surface area contributed by atoms with Crippen LogP contribution in [0.15, 0.2) is 42.9 Å². The van der Waals surface area contributed by atoms with Crippen LogP contribution in [0.25, 0.3) is 0 Å². The Labute approximate surface area is 211 Å². The summed E-state index contributed by atoms with van der Waals surface area (Å²) in [6.45, 7) is 0. The summed E-state index contributed by atoms with van der Waals surface area (Å²) in [5.41, 5.74) is 7.33. The molecule has 2 rings (SSSR count). The van der Waals surface area contributed by atoms with Gasteiger partial charge in [-0.3, -0.25) is 19.2 Å². The number of aliphatic carboxylic acids is 2. The lowest BCUT2D eigenvalue weighted by molar-refractivity contribution is -0.147. The average molecular weight is 521 g/mol. The fourth-order valence-corrected chi connectivity index (χ4v) is 3.43. The minimum absolute atomic E-state index is 0.0763. The highest BCUT2D eigenvalue weighted by Gasteiger charge is 2.30. The third-order valence-corrected chi connectivity index (χ3v) is 5.42. The summed E-state index contributed by atoms with van der Waals surface area (Å²) in [6.07, 6.45) is 2.33. The molecule has 0 saturated heterocycles. The van der Waals surface area contributed by atoms with Gasteiger partial charge in [-0.05, 0) is 5.56 Å². The first kappa shape index (κ1) is 28.3. The minimum Gasteiger partial charge on any atom is -0.481 e. The van der Waals surface area contributed by atoms with Gasteiger partial charge in [0.05, 0.1) is 18.8 Å². The van der Waals surface area contributed by atoms with Crippen molar-refractivity contribution in [3.63, 3.8) is 0 Å². The number of aromatic amines is 1. The van der Waals surface area contributed by atoms with Crippen LogP contribution in [0.4, 0.5) is 0 Å². The van der Waals surface area contributed by atoms with Gasteiger partial charge in [0.1, 0.15) is 18.1 Å². The van der Waals surface area contributed by atoms with Crippen molar-refractivity contribution >= 4 is 42.3 Å². The number of carbonyl (C=O) groups is 5. The van der Waals surface area contributed by atoms with E-state index in [1.165, 1.54) is 12.5 Å². The number of carbonyl (C=O) groups excluding carboxylic acids is 3. The predicted octanol–water partition coefficient (Wildman–Crippen LogP) is -1.53. The molecular weight excluding hydrogens is 492 g/mol. The van der Waals surface area contributed by atoms with Crippen molar-refractivity contribution in [3.8, 4) is 0 Å². The van der Waals surface area contributed by atoms with Crippen LogP contribution in [0.2, 0.25) is 0 Å². The van der Waals surface area contributed by atoms with Crippen LogP contribution in [0, 0.1) is 0 Å². The number of rotatable bonds is 14. The molecule has 0 radical (unpaired) electrons. The van der Waals surface area contributed by atoms with E-state index in [-0.39, 0.29) is 18.6 Å². The Morgan fingerprint density at radius 3 is 2.08 bits per heavy atom. The third kappa shape index (κ3) is 9.03. The number of benzene rings is 1. The second-order valence-electron chi connectivity index (χ2n) is 7.88. The van der Waals surface area contributed by atoms with Gasteiger partial charge in [0.15, 0.2) is 0 Å². The van der Waals surface area contributed by atoms with Gasteiger partial charge in [-0.25, -0.2) is 9.78 Å². The Morgan fingerprint density at radius 2 is 1.53 bits per heavy atom. The SMILES string of the molecule is NC(Cc1cnc[nH]1)C(=O)NC(Cc1ccccc1)C(=O)NC(CS)C(=O)NC(CC(=O)O)C(=O)O. The number of nitrogens with two attached hydrogens (primary N) is 1. The van der Waals surface area contributed by atoms with E-state index in [2.05, 4.69) is 38.5 Å². The zero-order chi connectivity index (χ0) is 26.7. The molecule has 0 fully saturated rings. The molecule has 0 saturated carbocycles. The molecule has 2 aromatic rings. The normalized spacial score (nSPS) is 14.1. The molecule has 194 valence electrons. The van der Waals surface area contributed by atoms with Crippen molar-refractivity contribution in [1.29, 1.82) is 0 Å². The molecule has 3 amide bonds. The minimum atomic E-state index is -1.70. The molecule has 0 aliphatic rings. The first-order valence-corrected chi connectivity index (χ1v) is 11.5. The van der Waals surface area contributed by atoms with Gasteiger partial charge in [0.2, 0.25) is 17.7 Å². The zero-order valence-corrected chi connectivity index (χ0v) is 20.0. The summed E-state index contributed by atoms with van der Waals surface area (Å²) in [7, 11) is 0. The molecule has 36 heavy (non-hydrogen) atoms. The Morgan fingerprint density at radius 1 is 0.917 bits per heavy atom. The van der Waals surface area contributed by atoms with E-state index in [0.29, 0.717) is 5.69 Å². The van der Waals surface area contributed by atoms with Gasteiger partial charge in [-0.15, -0.1) is 0 Å². The Hall–Kier alpha value is -3.91. The maximum absolute atomic E-state index is 13.1. The van der Waals surface area contributed by atoms with Crippen molar-refractivity contribution in [1.82, 2.24) is 25.9 Å². The van der Waals surface area contributed by atoms with Gasteiger partial charge in [0, 0.05) is 30.5 Å². The van der Waals surface area contributed by atoms with E-state index >= 15 is 0 Å². The van der Waals surface area contributed by atoms with Crippen molar-refractivity contribution < 1.29 is 34.2 Å². The third-order valence-electron chi connectivity index (χ3n) is 5.06. The van der Waals surface area contributed by atoms with Crippen LogP contribution in [0.5, 0.6) is 0 Å².